The van der Waals surface area contributed by atoms with Gasteiger partial charge in [0, 0.05) is 17.0 Å². The lowest BCUT2D eigenvalue weighted by molar-refractivity contribution is -0.159. The first kappa shape index (κ1) is 15.1. The number of carboxylic acids is 1. The summed E-state index contributed by atoms with van der Waals surface area (Å²) >= 11 is 0. The topological polar surface area (TPSA) is 72.8 Å². The molecule has 23 heavy (non-hydrogen) atoms. The molecule has 5 nitrogen and oxygen atoms in total. The van der Waals surface area contributed by atoms with Crippen molar-refractivity contribution in [3.63, 3.8) is 0 Å². The van der Waals surface area contributed by atoms with Crippen molar-refractivity contribution >= 4 is 11.9 Å². The highest BCUT2D eigenvalue weighted by Gasteiger charge is 2.42. The van der Waals surface area contributed by atoms with E-state index in [0.29, 0.717) is 22.6 Å². The highest BCUT2D eigenvalue weighted by molar-refractivity contribution is 5.96. The van der Waals surface area contributed by atoms with Crippen molar-refractivity contribution in [2.75, 3.05) is 6.61 Å². The Kier molecular flexibility index (Phi) is 4.02. The summed E-state index contributed by atoms with van der Waals surface area (Å²) in [5.41, 5.74) is 1.35. The second-order valence-corrected chi connectivity index (χ2v) is 5.22. The molecule has 1 heterocycles. The summed E-state index contributed by atoms with van der Waals surface area (Å²) in [5.74, 6) is -2.79. The van der Waals surface area contributed by atoms with Crippen molar-refractivity contribution in [3.05, 3.63) is 59.7 Å². The second-order valence-electron chi connectivity index (χ2n) is 5.22. The molecular formula is C18H16O5. The van der Waals surface area contributed by atoms with E-state index in [1.807, 2.05) is 12.1 Å². The van der Waals surface area contributed by atoms with Gasteiger partial charge in [0.1, 0.15) is 11.5 Å². The summed E-state index contributed by atoms with van der Waals surface area (Å²) in [7, 11) is 0. The van der Waals surface area contributed by atoms with Crippen molar-refractivity contribution in [1.82, 2.24) is 0 Å². The molecule has 0 spiro atoms. The number of carbonyl (C=O) groups excluding carboxylic acids is 1. The first-order chi connectivity index (χ1) is 11.1. The summed E-state index contributed by atoms with van der Waals surface area (Å²) < 4.78 is 10.8. The first-order valence-corrected chi connectivity index (χ1v) is 7.38. The minimum Gasteiger partial charge on any atom is -0.481 e. The van der Waals surface area contributed by atoms with Gasteiger partial charge in [-0.05, 0) is 19.1 Å². The number of rotatable bonds is 4. The highest BCUT2D eigenvalue weighted by atomic mass is 16.5. The average molecular weight is 312 g/mol. The Balaban J connectivity index is 2.16. The standard InChI is InChI=1S/C18H16O5/c1-2-22-18(21)16(17(19)20)15-11-7-3-5-9-13(11)23-14-10-6-4-8-12(14)15/h3-10,15-16H,2H2,1H3,(H,19,20). The van der Waals surface area contributed by atoms with Gasteiger partial charge in [0.05, 0.1) is 6.61 Å². The molecule has 1 aliphatic rings. The van der Waals surface area contributed by atoms with Gasteiger partial charge in [-0.25, -0.2) is 0 Å². The smallest absolute Gasteiger partial charge is 0.321 e. The van der Waals surface area contributed by atoms with Gasteiger partial charge in [-0.1, -0.05) is 36.4 Å². The summed E-state index contributed by atoms with van der Waals surface area (Å²) in [6.07, 6.45) is 0. The number of aliphatic carboxylic acids is 1. The molecule has 0 saturated heterocycles. The molecule has 0 bridgehead atoms. The number of para-hydroxylation sites is 2. The lowest BCUT2D eigenvalue weighted by Gasteiger charge is -2.30. The van der Waals surface area contributed by atoms with Gasteiger partial charge in [-0.15, -0.1) is 0 Å². The molecular weight excluding hydrogens is 296 g/mol. The van der Waals surface area contributed by atoms with Gasteiger partial charge in [-0.3, -0.25) is 9.59 Å². The Morgan fingerprint density at radius 2 is 1.61 bits per heavy atom. The van der Waals surface area contributed by atoms with Crippen molar-refractivity contribution in [2.24, 2.45) is 5.92 Å². The van der Waals surface area contributed by atoms with Gasteiger partial charge in [0.15, 0.2) is 5.92 Å². The van der Waals surface area contributed by atoms with E-state index in [4.69, 9.17) is 9.47 Å². The Bertz CT molecular complexity index is 707. The molecule has 0 amide bonds. The van der Waals surface area contributed by atoms with E-state index in [-0.39, 0.29) is 6.61 Å². The minimum absolute atomic E-state index is 0.134. The van der Waals surface area contributed by atoms with Crippen LogP contribution in [0.4, 0.5) is 0 Å². The normalized spacial score (nSPS) is 14.1. The van der Waals surface area contributed by atoms with Crippen LogP contribution in [-0.4, -0.2) is 23.7 Å². The van der Waals surface area contributed by atoms with E-state index in [1.165, 1.54) is 0 Å². The predicted molar refractivity (Wildman–Crippen MR) is 82.6 cm³/mol. The van der Waals surface area contributed by atoms with Gasteiger partial charge in [-0.2, -0.15) is 0 Å². The number of esters is 1. The Morgan fingerprint density at radius 1 is 1.09 bits per heavy atom. The number of hydrogen-bond donors (Lipinski definition) is 1. The largest absolute Gasteiger partial charge is 0.481 e. The molecule has 3 rings (SSSR count). The quantitative estimate of drug-likeness (QED) is 0.693. The van der Waals surface area contributed by atoms with E-state index in [1.54, 1.807) is 43.3 Å². The Labute approximate surface area is 133 Å². The zero-order valence-corrected chi connectivity index (χ0v) is 12.6. The monoisotopic (exact) mass is 312 g/mol. The predicted octanol–water partition coefficient (Wildman–Crippen LogP) is 3.19. The minimum atomic E-state index is -1.32. The molecule has 5 heteroatoms. The molecule has 0 aliphatic carbocycles. The third-order valence-electron chi connectivity index (χ3n) is 3.87. The van der Waals surface area contributed by atoms with Crippen LogP contribution in [0.15, 0.2) is 48.5 Å². The van der Waals surface area contributed by atoms with Crippen LogP contribution < -0.4 is 4.74 Å². The molecule has 1 atom stereocenters. The van der Waals surface area contributed by atoms with E-state index >= 15 is 0 Å². The summed E-state index contributed by atoms with van der Waals surface area (Å²) in [6.45, 7) is 1.79. The number of ether oxygens (including phenoxy) is 2. The zero-order valence-electron chi connectivity index (χ0n) is 12.6. The van der Waals surface area contributed by atoms with Crippen molar-refractivity contribution in [3.8, 4) is 11.5 Å². The van der Waals surface area contributed by atoms with E-state index in [2.05, 4.69) is 0 Å². The van der Waals surface area contributed by atoms with Gasteiger partial charge < -0.3 is 14.6 Å². The van der Waals surface area contributed by atoms with Crippen LogP contribution >= 0.6 is 0 Å². The van der Waals surface area contributed by atoms with Gasteiger partial charge in [0.2, 0.25) is 0 Å². The second kappa shape index (κ2) is 6.12. The fourth-order valence-corrected chi connectivity index (χ4v) is 2.92. The summed E-state index contributed by atoms with van der Waals surface area (Å²) in [6, 6.07) is 14.3. The summed E-state index contributed by atoms with van der Waals surface area (Å²) in [5, 5.41) is 9.63. The molecule has 2 aromatic rings. The number of benzene rings is 2. The molecule has 0 saturated carbocycles. The van der Waals surface area contributed by atoms with Crippen LogP contribution in [0.2, 0.25) is 0 Å². The maximum Gasteiger partial charge on any atom is 0.321 e. The van der Waals surface area contributed by atoms with Crippen LogP contribution in [0.5, 0.6) is 11.5 Å². The lowest BCUT2D eigenvalue weighted by atomic mass is 9.78. The number of fused-ring (bicyclic) bond motifs is 2. The third kappa shape index (κ3) is 2.65. The first-order valence-electron chi connectivity index (χ1n) is 7.38. The van der Waals surface area contributed by atoms with Crippen LogP contribution in [0, 0.1) is 5.92 Å². The SMILES string of the molecule is CCOC(=O)C(C(=O)O)C1c2ccccc2Oc2ccccc21. The van der Waals surface area contributed by atoms with Crippen LogP contribution in [0.3, 0.4) is 0 Å². The Morgan fingerprint density at radius 3 is 2.09 bits per heavy atom. The molecule has 0 radical (unpaired) electrons. The van der Waals surface area contributed by atoms with Crippen LogP contribution in [0.1, 0.15) is 24.0 Å². The maximum atomic E-state index is 12.3. The van der Waals surface area contributed by atoms with Crippen molar-refractivity contribution in [1.29, 1.82) is 0 Å². The fraction of sp³-hybridized carbons (Fsp3) is 0.222. The molecule has 1 aliphatic heterocycles. The van der Waals surface area contributed by atoms with Crippen molar-refractivity contribution < 1.29 is 24.2 Å². The lowest BCUT2D eigenvalue weighted by Crippen LogP contribution is -2.33. The zero-order chi connectivity index (χ0) is 16.4. The molecule has 1 N–H and O–H groups in total. The summed E-state index contributed by atoms with van der Waals surface area (Å²) in [4.78, 5) is 24.1. The van der Waals surface area contributed by atoms with Crippen LogP contribution in [-0.2, 0) is 14.3 Å². The van der Waals surface area contributed by atoms with E-state index in [0.717, 1.165) is 0 Å². The van der Waals surface area contributed by atoms with Crippen LogP contribution in [0.25, 0.3) is 0 Å². The van der Waals surface area contributed by atoms with Gasteiger partial charge in [0.25, 0.3) is 0 Å². The molecule has 0 fully saturated rings. The Hall–Kier alpha value is -2.82. The molecule has 118 valence electrons. The molecule has 2 aromatic carbocycles. The van der Waals surface area contributed by atoms with E-state index < -0.39 is 23.8 Å². The number of hydrogen-bond acceptors (Lipinski definition) is 4. The number of carboxylic acid groups (broad SMARTS) is 1. The average Bonchev–Trinajstić information content (AvgIpc) is 2.54. The molecule has 0 aromatic heterocycles. The van der Waals surface area contributed by atoms with Gasteiger partial charge >= 0.3 is 11.9 Å². The third-order valence-corrected chi connectivity index (χ3v) is 3.87. The maximum absolute atomic E-state index is 12.3. The van der Waals surface area contributed by atoms with Crippen molar-refractivity contribution in [2.45, 2.75) is 12.8 Å². The number of carbonyl (C=O) groups is 2. The highest BCUT2D eigenvalue weighted by Crippen LogP contribution is 2.47. The molecule has 1 unspecified atom stereocenters. The van der Waals surface area contributed by atoms with E-state index in [9.17, 15) is 14.7 Å². The fourth-order valence-electron chi connectivity index (χ4n) is 2.92.